The Morgan fingerprint density at radius 2 is 2.08 bits per heavy atom. The fourth-order valence-corrected chi connectivity index (χ4v) is 3.97. The van der Waals surface area contributed by atoms with Gasteiger partial charge in [-0.2, -0.15) is 0 Å². The highest BCUT2D eigenvalue weighted by molar-refractivity contribution is 5.74. The van der Waals surface area contributed by atoms with Gasteiger partial charge in [0.15, 0.2) is 11.5 Å². The number of carbonyl (C=O) groups excluding carboxylic acids is 1. The van der Waals surface area contributed by atoms with Crippen LogP contribution < -0.4 is 5.32 Å². The van der Waals surface area contributed by atoms with Crippen molar-refractivity contribution >= 4 is 17.1 Å². The molecule has 1 aromatic carbocycles. The summed E-state index contributed by atoms with van der Waals surface area (Å²) < 4.78 is 5.90. The molecular weight excluding hydrogens is 326 g/mol. The van der Waals surface area contributed by atoms with Crippen LogP contribution in [0.25, 0.3) is 11.1 Å². The lowest BCUT2D eigenvalue weighted by Gasteiger charge is -2.30. The molecule has 0 saturated carbocycles. The number of oxazole rings is 1. The number of nitrogens with zero attached hydrogens (tertiary/aromatic N) is 2. The van der Waals surface area contributed by atoms with Crippen LogP contribution in [0.4, 0.5) is 4.79 Å². The number of urea groups is 1. The zero-order valence-corrected chi connectivity index (χ0v) is 15.2. The van der Waals surface area contributed by atoms with E-state index in [-0.39, 0.29) is 6.03 Å². The van der Waals surface area contributed by atoms with Gasteiger partial charge in [0.1, 0.15) is 5.52 Å². The van der Waals surface area contributed by atoms with Crippen molar-refractivity contribution in [2.45, 2.75) is 50.9 Å². The second-order valence-corrected chi connectivity index (χ2v) is 7.37. The van der Waals surface area contributed by atoms with Crippen LogP contribution in [0.5, 0.6) is 0 Å². The van der Waals surface area contributed by atoms with Gasteiger partial charge >= 0.3 is 6.03 Å². The van der Waals surface area contributed by atoms with Gasteiger partial charge in [0.25, 0.3) is 0 Å². The van der Waals surface area contributed by atoms with Crippen molar-refractivity contribution in [3.63, 3.8) is 0 Å². The first-order valence-corrected chi connectivity index (χ1v) is 9.86. The van der Waals surface area contributed by atoms with Crippen molar-refractivity contribution < 1.29 is 9.21 Å². The average molecular weight is 353 g/mol. The van der Waals surface area contributed by atoms with E-state index in [1.165, 1.54) is 31.3 Å². The van der Waals surface area contributed by atoms with Crippen molar-refractivity contribution in [3.05, 3.63) is 41.8 Å². The number of allylic oxidation sites excluding steroid dienone is 1. The molecule has 26 heavy (non-hydrogen) atoms. The number of benzene rings is 1. The highest BCUT2D eigenvalue weighted by atomic mass is 16.3. The Balaban J connectivity index is 1.25. The lowest BCUT2D eigenvalue weighted by molar-refractivity contribution is 0.177. The fourth-order valence-electron chi connectivity index (χ4n) is 3.97. The Morgan fingerprint density at radius 3 is 2.85 bits per heavy atom. The van der Waals surface area contributed by atoms with Crippen LogP contribution in [-0.2, 0) is 0 Å². The van der Waals surface area contributed by atoms with Crippen molar-refractivity contribution in [1.29, 1.82) is 0 Å². The van der Waals surface area contributed by atoms with Crippen molar-refractivity contribution in [2.75, 3.05) is 19.6 Å². The van der Waals surface area contributed by atoms with E-state index < -0.39 is 0 Å². The highest BCUT2D eigenvalue weighted by Gasteiger charge is 2.26. The molecule has 4 rings (SSSR count). The number of piperidine rings is 1. The first-order chi connectivity index (χ1) is 12.8. The first kappa shape index (κ1) is 17.1. The summed E-state index contributed by atoms with van der Waals surface area (Å²) in [7, 11) is 0. The van der Waals surface area contributed by atoms with E-state index in [0.717, 1.165) is 55.9 Å². The third-order valence-electron chi connectivity index (χ3n) is 5.55. The predicted molar refractivity (Wildman–Crippen MR) is 102 cm³/mol. The molecule has 1 aromatic heterocycles. The summed E-state index contributed by atoms with van der Waals surface area (Å²) >= 11 is 0. The topological polar surface area (TPSA) is 58.4 Å². The van der Waals surface area contributed by atoms with E-state index in [1.54, 1.807) is 0 Å². The molecule has 5 heteroatoms. The molecule has 2 heterocycles. The number of nitrogens with one attached hydrogen (secondary N) is 1. The molecule has 1 N–H and O–H groups in total. The summed E-state index contributed by atoms with van der Waals surface area (Å²) in [6, 6.07) is 7.94. The van der Waals surface area contributed by atoms with Gasteiger partial charge in [0, 0.05) is 25.6 Å². The molecule has 0 bridgehead atoms. The normalized spacial score (nSPS) is 18.8. The summed E-state index contributed by atoms with van der Waals surface area (Å²) in [6.45, 7) is 2.27. The third-order valence-corrected chi connectivity index (χ3v) is 5.55. The zero-order chi connectivity index (χ0) is 17.8. The number of likely N-dealkylation sites (tertiary alicyclic amines) is 1. The summed E-state index contributed by atoms with van der Waals surface area (Å²) in [4.78, 5) is 18.9. The lowest BCUT2D eigenvalue weighted by Crippen LogP contribution is -2.44. The van der Waals surface area contributed by atoms with Gasteiger partial charge < -0.3 is 14.6 Å². The molecule has 5 nitrogen and oxygen atoms in total. The minimum Gasteiger partial charge on any atom is -0.440 e. The van der Waals surface area contributed by atoms with E-state index in [4.69, 9.17) is 4.42 Å². The molecule has 138 valence electrons. The van der Waals surface area contributed by atoms with Crippen molar-refractivity contribution in [3.8, 4) is 0 Å². The monoisotopic (exact) mass is 353 g/mol. The Kier molecular flexibility index (Phi) is 5.23. The molecule has 1 aliphatic heterocycles. The predicted octanol–water partition coefficient (Wildman–Crippen LogP) is 4.61. The number of hydrogen-bond donors (Lipinski definition) is 1. The van der Waals surface area contributed by atoms with Gasteiger partial charge in [0.05, 0.1) is 0 Å². The van der Waals surface area contributed by atoms with Crippen LogP contribution in [0.3, 0.4) is 0 Å². The van der Waals surface area contributed by atoms with Crippen LogP contribution in [0.15, 0.2) is 40.3 Å². The van der Waals surface area contributed by atoms with Crippen LogP contribution in [-0.4, -0.2) is 35.5 Å². The molecule has 2 amide bonds. The lowest BCUT2D eigenvalue weighted by atomic mass is 9.97. The Hall–Kier alpha value is -2.30. The smallest absolute Gasteiger partial charge is 0.317 e. The number of rotatable bonds is 4. The van der Waals surface area contributed by atoms with Crippen LogP contribution in [0, 0.1) is 0 Å². The van der Waals surface area contributed by atoms with Gasteiger partial charge in [-0.15, -0.1) is 0 Å². The maximum absolute atomic E-state index is 12.4. The van der Waals surface area contributed by atoms with E-state index >= 15 is 0 Å². The molecule has 1 saturated heterocycles. The molecular formula is C21H27N3O2. The van der Waals surface area contributed by atoms with Gasteiger partial charge in [-0.25, -0.2) is 9.78 Å². The van der Waals surface area contributed by atoms with E-state index in [1.807, 2.05) is 29.2 Å². The standard InChI is InChI=1S/C21H27N3O2/c25-21(22-13-10-16-6-2-1-3-7-16)24-14-11-17(12-15-24)20-23-18-8-4-5-9-19(18)26-20/h4-6,8-9,17H,1-3,7,10-15H2,(H,22,25). The second kappa shape index (κ2) is 7.94. The number of hydrogen-bond acceptors (Lipinski definition) is 3. The number of fused-ring (bicyclic) bond motifs is 1. The minimum atomic E-state index is 0.0671. The number of amides is 2. The SMILES string of the molecule is O=C(NCCC1=CCCCC1)N1CCC(c2nc3ccccc3o2)CC1. The largest absolute Gasteiger partial charge is 0.440 e. The zero-order valence-electron chi connectivity index (χ0n) is 15.2. The van der Waals surface area contributed by atoms with Gasteiger partial charge in [-0.1, -0.05) is 23.8 Å². The van der Waals surface area contributed by atoms with Gasteiger partial charge in [0.2, 0.25) is 0 Å². The number of carbonyl (C=O) groups is 1. The third kappa shape index (κ3) is 3.92. The summed E-state index contributed by atoms with van der Waals surface area (Å²) in [6.07, 6.45) is 10.2. The van der Waals surface area contributed by atoms with E-state index in [9.17, 15) is 4.79 Å². The molecule has 0 radical (unpaired) electrons. The quantitative estimate of drug-likeness (QED) is 0.817. The summed E-state index contributed by atoms with van der Waals surface area (Å²) in [5.41, 5.74) is 3.27. The highest BCUT2D eigenvalue weighted by Crippen LogP contribution is 2.29. The fraction of sp³-hybridized carbons (Fsp3) is 0.524. The molecule has 1 aliphatic carbocycles. The van der Waals surface area contributed by atoms with Gasteiger partial charge in [-0.3, -0.25) is 0 Å². The van der Waals surface area contributed by atoms with E-state index in [2.05, 4.69) is 16.4 Å². The van der Waals surface area contributed by atoms with Crippen LogP contribution in [0.2, 0.25) is 0 Å². The molecule has 1 fully saturated rings. The van der Waals surface area contributed by atoms with Crippen LogP contribution >= 0.6 is 0 Å². The first-order valence-electron chi connectivity index (χ1n) is 9.86. The summed E-state index contributed by atoms with van der Waals surface area (Å²) in [5, 5.41) is 3.08. The minimum absolute atomic E-state index is 0.0671. The maximum Gasteiger partial charge on any atom is 0.317 e. The van der Waals surface area contributed by atoms with Gasteiger partial charge in [-0.05, 0) is 57.1 Å². The molecule has 2 aromatic rings. The van der Waals surface area contributed by atoms with Crippen LogP contribution in [0.1, 0.15) is 56.8 Å². The van der Waals surface area contributed by atoms with E-state index in [0.29, 0.717) is 5.92 Å². The van der Waals surface area contributed by atoms with Crippen molar-refractivity contribution in [2.24, 2.45) is 0 Å². The molecule has 0 spiro atoms. The second-order valence-electron chi connectivity index (χ2n) is 7.37. The van der Waals surface area contributed by atoms with Crippen molar-refractivity contribution in [1.82, 2.24) is 15.2 Å². The molecule has 2 aliphatic rings. The summed E-state index contributed by atoms with van der Waals surface area (Å²) in [5.74, 6) is 1.12. The number of para-hydroxylation sites is 2. The Bertz CT molecular complexity index is 754. The average Bonchev–Trinajstić information content (AvgIpc) is 3.13. The Morgan fingerprint density at radius 1 is 1.23 bits per heavy atom. The maximum atomic E-state index is 12.4. The number of aromatic nitrogens is 1. The molecule has 0 atom stereocenters. The Labute approximate surface area is 154 Å². The molecule has 0 unspecified atom stereocenters.